The van der Waals surface area contributed by atoms with Gasteiger partial charge in [0.15, 0.2) is 0 Å². The Balaban J connectivity index is 2.49. The molecular formula is C9H16ClNO2. The second-order valence-electron chi connectivity index (χ2n) is 3.64. The summed E-state index contributed by atoms with van der Waals surface area (Å²) in [6.07, 6.45) is 1.27. The molecule has 2 unspecified atom stereocenters. The first kappa shape index (κ1) is 10.8. The number of rotatable bonds is 1. The van der Waals surface area contributed by atoms with Crippen molar-refractivity contribution in [3.8, 4) is 0 Å². The Kier molecular flexibility index (Phi) is 4.00. The molecule has 1 amide bonds. The molecule has 2 atom stereocenters. The molecule has 1 aliphatic heterocycles. The first-order valence-corrected chi connectivity index (χ1v) is 5.20. The summed E-state index contributed by atoms with van der Waals surface area (Å²) in [7, 11) is 0. The van der Waals surface area contributed by atoms with Crippen LogP contribution >= 0.6 is 11.6 Å². The van der Waals surface area contributed by atoms with Crippen LogP contribution in [0.5, 0.6) is 0 Å². The number of aliphatic hydroxyl groups excluding tert-OH is 1. The number of nitrogens with zero attached hydrogens (tertiary/aromatic N) is 1. The Morgan fingerprint density at radius 3 is 2.77 bits per heavy atom. The van der Waals surface area contributed by atoms with Crippen LogP contribution in [-0.4, -0.2) is 41.0 Å². The lowest BCUT2D eigenvalue weighted by atomic mass is 10.0. The number of aliphatic hydroxyl groups is 1. The van der Waals surface area contributed by atoms with Crippen molar-refractivity contribution in [3.63, 3.8) is 0 Å². The van der Waals surface area contributed by atoms with E-state index in [2.05, 4.69) is 0 Å². The van der Waals surface area contributed by atoms with Crippen LogP contribution in [0.25, 0.3) is 0 Å². The van der Waals surface area contributed by atoms with Crippen LogP contribution in [0.15, 0.2) is 0 Å². The van der Waals surface area contributed by atoms with E-state index >= 15 is 0 Å². The molecule has 0 aromatic heterocycles. The summed E-state index contributed by atoms with van der Waals surface area (Å²) in [6.45, 7) is 3.38. The lowest BCUT2D eigenvalue weighted by Gasteiger charge is -2.18. The van der Waals surface area contributed by atoms with Gasteiger partial charge in [0.1, 0.15) is 5.88 Å². The Morgan fingerprint density at radius 1 is 1.54 bits per heavy atom. The molecule has 0 aromatic rings. The van der Waals surface area contributed by atoms with Gasteiger partial charge in [-0.25, -0.2) is 0 Å². The van der Waals surface area contributed by atoms with E-state index < -0.39 is 0 Å². The van der Waals surface area contributed by atoms with Crippen molar-refractivity contribution in [2.45, 2.75) is 25.9 Å². The van der Waals surface area contributed by atoms with Crippen LogP contribution in [0.3, 0.4) is 0 Å². The van der Waals surface area contributed by atoms with E-state index in [9.17, 15) is 9.90 Å². The highest BCUT2D eigenvalue weighted by Gasteiger charge is 2.23. The van der Waals surface area contributed by atoms with Gasteiger partial charge in [-0.1, -0.05) is 6.92 Å². The van der Waals surface area contributed by atoms with Crippen molar-refractivity contribution in [1.82, 2.24) is 4.90 Å². The molecule has 3 nitrogen and oxygen atoms in total. The predicted octanol–water partition coefficient (Wildman–Crippen LogP) is 0.845. The van der Waals surface area contributed by atoms with Gasteiger partial charge < -0.3 is 10.0 Å². The van der Waals surface area contributed by atoms with E-state index in [4.69, 9.17) is 11.6 Å². The number of carbonyl (C=O) groups is 1. The van der Waals surface area contributed by atoms with E-state index in [-0.39, 0.29) is 23.8 Å². The van der Waals surface area contributed by atoms with E-state index in [1.54, 1.807) is 4.90 Å². The quantitative estimate of drug-likeness (QED) is 0.645. The van der Waals surface area contributed by atoms with Gasteiger partial charge in [0.05, 0.1) is 6.10 Å². The van der Waals surface area contributed by atoms with Gasteiger partial charge in [-0.2, -0.15) is 0 Å². The molecule has 13 heavy (non-hydrogen) atoms. The smallest absolute Gasteiger partial charge is 0.237 e. The zero-order chi connectivity index (χ0) is 9.84. The van der Waals surface area contributed by atoms with Crippen molar-refractivity contribution in [1.29, 1.82) is 0 Å². The van der Waals surface area contributed by atoms with Gasteiger partial charge in [0.2, 0.25) is 5.91 Å². The number of amides is 1. The lowest BCUT2D eigenvalue weighted by molar-refractivity contribution is -0.128. The molecule has 4 heteroatoms. The van der Waals surface area contributed by atoms with Crippen LogP contribution in [0, 0.1) is 5.92 Å². The minimum absolute atomic E-state index is 0.0250. The molecule has 0 bridgehead atoms. The fourth-order valence-electron chi connectivity index (χ4n) is 1.57. The molecule has 1 fully saturated rings. The third-order valence-electron chi connectivity index (χ3n) is 2.67. The third-order valence-corrected chi connectivity index (χ3v) is 2.90. The van der Waals surface area contributed by atoms with E-state index in [1.165, 1.54) is 0 Å². The Morgan fingerprint density at radius 2 is 2.15 bits per heavy atom. The Bertz CT molecular complexity index is 174. The first-order valence-electron chi connectivity index (χ1n) is 4.67. The SMILES string of the molecule is CC1CCN(C(=O)CCl)CCC1O. The number of alkyl halides is 1. The minimum Gasteiger partial charge on any atom is -0.393 e. The third kappa shape index (κ3) is 2.85. The summed E-state index contributed by atoms with van der Waals surface area (Å²) < 4.78 is 0. The summed E-state index contributed by atoms with van der Waals surface area (Å²) in [5.74, 6) is 0.306. The minimum atomic E-state index is -0.270. The Labute approximate surface area is 83.7 Å². The fraction of sp³-hybridized carbons (Fsp3) is 0.889. The molecule has 1 aliphatic rings. The van der Waals surface area contributed by atoms with Crippen LogP contribution in [-0.2, 0) is 4.79 Å². The van der Waals surface area contributed by atoms with E-state index in [0.717, 1.165) is 13.0 Å². The average molecular weight is 206 g/mol. The molecule has 1 heterocycles. The first-order chi connectivity index (χ1) is 6.15. The predicted molar refractivity (Wildman–Crippen MR) is 51.7 cm³/mol. The molecule has 0 aromatic carbocycles. The van der Waals surface area contributed by atoms with Gasteiger partial charge in [0.25, 0.3) is 0 Å². The topological polar surface area (TPSA) is 40.5 Å². The highest BCUT2D eigenvalue weighted by Crippen LogP contribution is 2.17. The molecule has 1 rings (SSSR count). The summed E-state index contributed by atoms with van der Waals surface area (Å²) in [6, 6.07) is 0. The number of likely N-dealkylation sites (tertiary alicyclic amines) is 1. The van der Waals surface area contributed by atoms with Crippen molar-refractivity contribution in [2.75, 3.05) is 19.0 Å². The summed E-state index contributed by atoms with van der Waals surface area (Å²) in [5, 5.41) is 9.56. The Hall–Kier alpha value is -0.280. The van der Waals surface area contributed by atoms with Gasteiger partial charge in [-0.05, 0) is 18.8 Å². The van der Waals surface area contributed by atoms with E-state index in [0.29, 0.717) is 13.0 Å². The highest BCUT2D eigenvalue weighted by molar-refractivity contribution is 6.27. The largest absolute Gasteiger partial charge is 0.393 e. The van der Waals surface area contributed by atoms with Crippen LogP contribution in [0.1, 0.15) is 19.8 Å². The molecule has 0 saturated carbocycles. The fourth-order valence-corrected chi connectivity index (χ4v) is 1.74. The monoisotopic (exact) mass is 205 g/mol. The van der Waals surface area contributed by atoms with Crippen molar-refractivity contribution in [3.05, 3.63) is 0 Å². The maximum Gasteiger partial charge on any atom is 0.237 e. The summed E-state index contributed by atoms with van der Waals surface area (Å²) in [4.78, 5) is 13.0. The summed E-state index contributed by atoms with van der Waals surface area (Å²) >= 11 is 5.46. The molecule has 0 aliphatic carbocycles. The van der Waals surface area contributed by atoms with E-state index in [1.807, 2.05) is 6.92 Å². The van der Waals surface area contributed by atoms with Crippen LogP contribution in [0.4, 0.5) is 0 Å². The van der Waals surface area contributed by atoms with Crippen LogP contribution in [0.2, 0.25) is 0 Å². The molecule has 1 saturated heterocycles. The van der Waals surface area contributed by atoms with Crippen molar-refractivity contribution in [2.24, 2.45) is 5.92 Å². The number of hydrogen-bond donors (Lipinski definition) is 1. The molecule has 76 valence electrons. The number of halogens is 1. The second kappa shape index (κ2) is 4.82. The van der Waals surface area contributed by atoms with Crippen molar-refractivity contribution < 1.29 is 9.90 Å². The standard InChI is InChI=1S/C9H16ClNO2/c1-7-2-4-11(9(13)6-10)5-3-8(7)12/h7-8,12H,2-6H2,1H3. The zero-order valence-corrected chi connectivity index (χ0v) is 8.63. The van der Waals surface area contributed by atoms with Gasteiger partial charge in [-0.3, -0.25) is 4.79 Å². The van der Waals surface area contributed by atoms with Crippen molar-refractivity contribution >= 4 is 17.5 Å². The lowest BCUT2D eigenvalue weighted by Crippen LogP contribution is -2.33. The van der Waals surface area contributed by atoms with Gasteiger partial charge in [-0.15, -0.1) is 11.6 Å². The molecule has 0 radical (unpaired) electrons. The average Bonchev–Trinajstić information content (AvgIpc) is 2.30. The molecule has 0 spiro atoms. The highest BCUT2D eigenvalue weighted by atomic mass is 35.5. The normalized spacial score (nSPS) is 29.9. The number of hydrogen-bond acceptors (Lipinski definition) is 2. The maximum absolute atomic E-state index is 11.2. The van der Waals surface area contributed by atoms with Crippen LogP contribution < -0.4 is 0 Å². The molecule has 1 N–H and O–H groups in total. The molecular weight excluding hydrogens is 190 g/mol. The summed E-state index contributed by atoms with van der Waals surface area (Å²) in [5.41, 5.74) is 0. The van der Waals surface area contributed by atoms with Gasteiger partial charge in [0, 0.05) is 13.1 Å². The van der Waals surface area contributed by atoms with Gasteiger partial charge >= 0.3 is 0 Å². The maximum atomic E-state index is 11.2. The second-order valence-corrected chi connectivity index (χ2v) is 3.90. The zero-order valence-electron chi connectivity index (χ0n) is 7.87. The number of carbonyl (C=O) groups excluding carboxylic acids is 1.